The molecule has 2 atom stereocenters. The maximum atomic E-state index is 11.5. The molecule has 110 valence electrons. The van der Waals surface area contributed by atoms with Crippen molar-refractivity contribution in [2.24, 2.45) is 0 Å². The number of nitrogens with zero attached hydrogens (tertiary/aromatic N) is 2. The van der Waals surface area contributed by atoms with Crippen LogP contribution >= 0.6 is 0 Å². The number of aromatic nitrogens is 1. The van der Waals surface area contributed by atoms with E-state index in [1.165, 1.54) is 0 Å². The van der Waals surface area contributed by atoms with Gasteiger partial charge in [-0.2, -0.15) is 0 Å². The summed E-state index contributed by atoms with van der Waals surface area (Å²) in [6.07, 6.45) is 1.93. The van der Waals surface area contributed by atoms with Gasteiger partial charge in [-0.3, -0.25) is 0 Å². The Morgan fingerprint density at radius 1 is 1.43 bits per heavy atom. The highest BCUT2D eigenvalue weighted by Gasteiger charge is 2.38. The van der Waals surface area contributed by atoms with Crippen LogP contribution in [0.25, 0.3) is 10.8 Å². The van der Waals surface area contributed by atoms with E-state index in [0.29, 0.717) is 18.8 Å². The van der Waals surface area contributed by atoms with Crippen LogP contribution in [0, 0.1) is 0 Å². The second kappa shape index (κ2) is 5.21. The number of hydrogen-bond donors (Lipinski definition) is 2. The highest BCUT2D eigenvalue weighted by molar-refractivity contribution is 5.95. The SMILES string of the molecule is COC1CC(C(=O)O)N(c2nccc3ccc(O)cc23)C1. The van der Waals surface area contributed by atoms with Gasteiger partial charge in [-0.05, 0) is 23.6 Å². The van der Waals surface area contributed by atoms with E-state index in [1.807, 2.05) is 6.07 Å². The largest absolute Gasteiger partial charge is 0.508 e. The number of pyridine rings is 1. The molecular weight excluding hydrogens is 272 g/mol. The van der Waals surface area contributed by atoms with Crippen LogP contribution in [0.5, 0.6) is 5.75 Å². The first-order valence-corrected chi connectivity index (χ1v) is 6.70. The van der Waals surface area contributed by atoms with Gasteiger partial charge in [0.2, 0.25) is 0 Å². The number of fused-ring (bicyclic) bond motifs is 1. The molecule has 1 aliphatic heterocycles. The topological polar surface area (TPSA) is 82.9 Å². The minimum absolute atomic E-state index is 0.131. The molecule has 0 bridgehead atoms. The molecule has 0 saturated carbocycles. The Balaban J connectivity index is 2.10. The molecule has 1 aromatic carbocycles. The van der Waals surface area contributed by atoms with Gasteiger partial charge < -0.3 is 19.8 Å². The van der Waals surface area contributed by atoms with Crippen molar-refractivity contribution < 1.29 is 19.7 Å². The third kappa shape index (κ3) is 2.38. The van der Waals surface area contributed by atoms with Gasteiger partial charge in [0.05, 0.1) is 6.10 Å². The molecular formula is C15H16N2O4. The Morgan fingerprint density at radius 3 is 2.95 bits per heavy atom. The van der Waals surface area contributed by atoms with Gasteiger partial charge >= 0.3 is 5.97 Å². The smallest absolute Gasteiger partial charge is 0.326 e. The number of hydrogen-bond acceptors (Lipinski definition) is 5. The summed E-state index contributed by atoms with van der Waals surface area (Å²) in [6.45, 7) is 0.467. The molecule has 2 unspecified atom stereocenters. The minimum Gasteiger partial charge on any atom is -0.508 e. The Hall–Kier alpha value is -2.34. The van der Waals surface area contributed by atoms with Crippen LogP contribution in [0.1, 0.15) is 6.42 Å². The van der Waals surface area contributed by atoms with Crippen molar-refractivity contribution in [1.82, 2.24) is 4.98 Å². The molecule has 1 aliphatic rings. The summed E-state index contributed by atoms with van der Waals surface area (Å²) >= 11 is 0. The molecule has 1 aromatic heterocycles. The van der Waals surface area contributed by atoms with Crippen LogP contribution in [-0.2, 0) is 9.53 Å². The second-order valence-corrected chi connectivity index (χ2v) is 5.14. The lowest BCUT2D eigenvalue weighted by atomic mass is 10.1. The van der Waals surface area contributed by atoms with Crippen molar-refractivity contribution in [3.63, 3.8) is 0 Å². The summed E-state index contributed by atoms with van der Waals surface area (Å²) in [5, 5.41) is 20.7. The summed E-state index contributed by atoms with van der Waals surface area (Å²) in [6, 6.07) is 6.16. The van der Waals surface area contributed by atoms with Crippen LogP contribution in [-0.4, -0.2) is 47.0 Å². The number of rotatable bonds is 3. The molecule has 6 heteroatoms. The standard InChI is InChI=1S/C15H16N2O4/c1-21-11-7-13(15(19)20)17(8-11)14-12-6-10(18)3-2-9(12)4-5-16-14/h2-6,11,13,18H,7-8H2,1H3,(H,19,20). The number of carbonyl (C=O) groups is 1. The number of carboxylic acid groups (broad SMARTS) is 1. The first-order valence-electron chi connectivity index (χ1n) is 6.70. The van der Waals surface area contributed by atoms with E-state index in [0.717, 1.165) is 10.8 Å². The summed E-state index contributed by atoms with van der Waals surface area (Å²) in [5.74, 6) is -0.199. The third-order valence-electron chi connectivity index (χ3n) is 3.88. The van der Waals surface area contributed by atoms with Gasteiger partial charge in [0.25, 0.3) is 0 Å². The number of aliphatic carboxylic acids is 1. The number of phenols is 1. The van der Waals surface area contributed by atoms with Crippen molar-refractivity contribution in [3.8, 4) is 5.75 Å². The van der Waals surface area contributed by atoms with Crippen LogP contribution in [0.3, 0.4) is 0 Å². The molecule has 3 rings (SSSR count). The maximum Gasteiger partial charge on any atom is 0.326 e. The number of carboxylic acids is 1. The number of phenolic OH excluding ortho intramolecular Hbond substituents is 1. The van der Waals surface area contributed by atoms with Gasteiger partial charge in [0.15, 0.2) is 0 Å². The molecule has 2 N–H and O–H groups in total. The molecule has 0 amide bonds. The summed E-state index contributed by atoms with van der Waals surface area (Å²) in [7, 11) is 1.58. The number of benzene rings is 1. The Bertz CT molecular complexity index is 688. The molecule has 0 aliphatic carbocycles. The highest BCUT2D eigenvalue weighted by Crippen LogP contribution is 2.32. The zero-order valence-electron chi connectivity index (χ0n) is 11.6. The van der Waals surface area contributed by atoms with E-state index in [9.17, 15) is 15.0 Å². The van der Waals surface area contributed by atoms with Crippen LogP contribution in [0.15, 0.2) is 30.5 Å². The minimum atomic E-state index is -0.895. The van der Waals surface area contributed by atoms with Crippen molar-refractivity contribution in [3.05, 3.63) is 30.5 Å². The average molecular weight is 288 g/mol. The van der Waals surface area contributed by atoms with E-state index in [1.54, 1.807) is 36.4 Å². The molecule has 2 heterocycles. The zero-order valence-corrected chi connectivity index (χ0v) is 11.6. The van der Waals surface area contributed by atoms with Crippen LogP contribution < -0.4 is 4.90 Å². The maximum absolute atomic E-state index is 11.5. The molecule has 0 spiro atoms. The molecule has 2 aromatic rings. The average Bonchev–Trinajstić information content (AvgIpc) is 2.91. The zero-order chi connectivity index (χ0) is 15.0. The van der Waals surface area contributed by atoms with Crippen molar-refractivity contribution in [1.29, 1.82) is 0 Å². The fourth-order valence-corrected chi connectivity index (χ4v) is 2.81. The van der Waals surface area contributed by atoms with E-state index >= 15 is 0 Å². The monoisotopic (exact) mass is 288 g/mol. The highest BCUT2D eigenvalue weighted by atomic mass is 16.5. The molecule has 0 radical (unpaired) electrons. The number of methoxy groups -OCH3 is 1. The summed E-state index contributed by atoms with van der Waals surface area (Å²) in [5.41, 5.74) is 0. The first-order chi connectivity index (χ1) is 10.1. The Kier molecular flexibility index (Phi) is 3.39. The van der Waals surface area contributed by atoms with Crippen molar-refractivity contribution in [2.75, 3.05) is 18.6 Å². The second-order valence-electron chi connectivity index (χ2n) is 5.14. The van der Waals surface area contributed by atoms with Crippen LogP contribution in [0.2, 0.25) is 0 Å². The molecule has 6 nitrogen and oxygen atoms in total. The van der Waals surface area contributed by atoms with Gasteiger partial charge in [-0.1, -0.05) is 6.07 Å². The van der Waals surface area contributed by atoms with E-state index < -0.39 is 12.0 Å². The number of anilines is 1. The Labute approximate surface area is 121 Å². The van der Waals surface area contributed by atoms with Gasteiger partial charge in [0, 0.05) is 31.7 Å². The predicted octanol–water partition coefficient (Wildman–Crippen LogP) is 1.62. The van der Waals surface area contributed by atoms with Gasteiger partial charge in [0.1, 0.15) is 17.6 Å². The quantitative estimate of drug-likeness (QED) is 0.893. The van der Waals surface area contributed by atoms with Crippen molar-refractivity contribution >= 4 is 22.6 Å². The van der Waals surface area contributed by atoms with Crippen LogP contribution in [0.4, 0.5) is 5.82 Å². The Morgan fingerprint density at radius 2 is 2.24 bits per heavy atom. The van der Waals surface area contributed by atoms with E-state index in [2.05, 4.69) is 4.98 Å². The number of aromatic hydroxyl groups is 1. The van der Waals surface area contributed by atoms with E-state index in [-0.39, 0.29) is 11.9 Å². The number of ether oxygens (including phenoxy) is 1. The van der Waals surface area contributed by atoms with Gasteiger partial charge in [-0.15, -0.1) is 0 Å². The molecule has 1 fully saturated rings. The lowest BCUT2D eigenvalue weighted by Gasteiger charge is -2.23. The summed E-state index contributed by atoms with van der Waals surface area (Å²) < 4.78 is 5.30. The lowest BCUT2D eigenvalue weighted by Crippen LogP contribution is -2.36. The van der Waals surface area contributed by atoms with Crippen molar-refractivity contribution in [2.45, 2.75) is 18.6 Å². The molecule has 1 saturated heterocycles. The first kappa shape index (κ1) is 13.6. The third-order valence-corrected chi connectivity index (χ3v) is 3.88. The normalized spacial score (nSPS) is 21.9. The summed E-state index contributed by atoms with van der Waals surface area (Å²) in [4.78, 5) is 17.5. The fraction of sp³-hybridized carbons (Fsp3) is 0.333. The molecule has 21 heavy (non-hydrogen) atoms. The van der Waals surface area contributed by atoms with E-state index in [4.69, 9.17) is 4.74 Å². The lowest BCUT2D eigenvalue weighted by molar-refractivity contribution is -0.138. The fourth-order valence-electron chi connectivity index (χ4n) is 2.81. The van der Waals surface area contributed by atoms with Gasteiger partial charge in [-0.25, -0.2) is 9.78 Å². The predicted molar refractivity (Wildman–Crippen MR) is 77.6 cm³/mol.